The highest BCUT2D eigenvalue weighted by molar-refractivity contribution is 5.99. The Morgan fingerprint density at radius 2 is 0.440 bits per heavy atom. The Balaban J connectivity index is 0.733. The maximum atomic E-state index is 2.59. The molecule has 0 saturated heterocycles. The summed E-state index contributed by atoms with van der Waals surface area (Å²) in [5.41, 5.74) is 41.1. The summed E-state index contributed by atoms with van der Waals surface area (Å²) in [5.74, 6) is 0. The van der Waals surface area contributed by atoms with E-state index in [1.807, 2.05) is 0 Å². The van der Waals surface area contributed by atoms with Gasteiger partial charge < -0.3 is 9.80 Å². The van der Waals surface area contributed by atoms with Crippen molar-refractivity contribution in [1.82, 2.24) is 0 Å². The first-order chi connectivity index (χ1) is 48.7. The van der Waals surface area contributed by atoms with Crippen molar-refractivity contribution in [3.8, 4) is 66.8 Å². The quantitative estimate of drug-likeness (QED) is 0.157. The molecule has 1 atom stereocenters. The highest BCUT2D eigenvalue weighted by Gasteiger charge is 2.54. The van der Waals surface area contributed by atoms with E-state index in [0.29, 0.717) is 0 Å². The summed E-state index contributed by atoms with van der Waals surface area (Å²) < 4.78 is 0. The van der Waals surface area contributed by atoms with Crippen molar-refractivity contribution in [3.05, 3.63) is 393 Å². The Bertz CT molecular complexity index is 5780. The maximum Gasteiger partial charge on any atom is 0.0726 e. The van der Waals surface area contributed by atoms with Gasteiger partial charge in [-0.2, -0.15) is 0 Å². The molecule has 2 spiro atoms. The molecular formula is C98H74N2. The van der Waals surface area contributed by atoms with Gasteiger partial charge in [0.15, 0.2) is 0 Å². The van der Waals surface area contributed by atoms with Crippen LogP contribution in [0.3, 0.4) is 0 Å². The fourth-order valence-corrected chi connectivity index (χ4v) is 21.0. The molecular weight excluding hydrogens is 1210 g/mol. The number of anilines is 6. The maximum absolute atomic E-state index is 2.59. The van der Waals surface area contributed by atoms with Gasteiger partial charge in [-0.3, -0.25) is 0 Å². The van der Waals surface area contributed by atoms with Crippen LogP contribution in [0.4, 0.5) is 34.1 Å². The zero-order chi connectivity index (χ0) is 67.0. The third-order valence-electron chi connectivity index (χ3n) is 25.3. The van der Waals surface area contributed by atoms with E-state index in [1.54, 1.807) is 0 Å². The molecule has 1 unspecified atom stereocenters. The van der Waals surface area contributed by atoms with Crippen LogP contribution < -0.4 is 9.80 Å². The first-order valence-corrected chi connectivity index (χ1v) is 35.9. The molecule has 2 nitrogen and oxygen atoms in total. The lowest BCUT2D eigenvalue weighted by Crippen LogP contribution is -2.26. The molecule has 2 heteroatoms. The average molecular weight is 1280 g/mol. The van der Waals surface area contributed by atoms with Crippen molar-refractivity contribution >= 4 is 34.1 Å². The van der Waals surface area contributed by atoms with Crippen LogP contribution in [0.25, 0.3) is 66.8 Å². The molecule has 0 radical (unpaired) electrons. The molecule has 7 aliphatic rings. The number of nitrogens with zero attached hydrogens (tertiary/aromatic N) is 2. The number of hydrogen-bond donors (Lipinski definition) is 0. The topological polar surface area (TPSA) is 6.48 Å². The molecule has 0 fully saturated rings. The molecule has 0 amide bonds. The molecule has 0 aromatic heterocycles. The number of hydrogen-bond acceptors (Lipinski definition) is 2. The molecule has 0 bridgehead atoms. The third kappa shape index (κ3) is 7.28. The zero-order valence-electron chi connectivity index (χ0n) is 57.5. The first kappa shape index (κ1) is 57.7. The third-order valence-corrected chi connectivity index (χ3v) is 25.3. The van der Waals surface area contributed by atoms with Crippen LogP contribution in [0.2, 0.25) is 0 Å². The van der Waals surface area contributed by atoms with Crippen LogP contribution in [-0.2, 0) is 32.5 Å². The van der Waals surface area contributed by atoms with Gasteiger partial charge in [0.1, 0.15) is 0 Å². The molecule has 0 aliphatic heterocycles. The summed E-state index contributed by atoms with van der Waals surface area (Å²) in [6, 6.07) is 120. The summed E-state index contributed by atoms with van der Waals surface area (Å²) in [7, 11) is 0. The Morgan fingerprint density at radius 3 is 0.780 bits per heavy atom. The lowest BCUT2D eigenvalue weighted by atomic mass is 9.70. The highest BCUT2D eigenvalue weighted by Crippen LogP contribution is 2.66. The molecule has 476 valence electrons. The minimum absolute atomic E-state index is 0.110. The molecule has 100 heavy (non-hydrogen) atoms. The van der Waals surface area contributed by atoms with Crippen molar-refractivity contribution < 1.29 is 0 Å². The minimum Gasteiger partial charge on any atom is -0.310 e. The smallest absolute Gasteiger partial charge is 0.0726 e. The number of fused-ring (bicyclic) bond motifs is 27. The second-order valence-corrected chi connectivity index (χ2v) is 31.4. The molecule has 0 saturated carbocycles. The predicted octanol–water partition coefficient (Wildman–Crippen LogP) is 24.9. The Morgan fingerprint density at radius 1 is 0.200 bits per heavy atom. The molecule has 21 rings (SSSR count). The largest absolute Gasteiger partial charge is 0.310 e. The van der Waals surface area contributed by atoms with E-state index in [1.165, 1.54) is 150 Å². The molecule has 7 aliphatic carbocycles. The Hall–Kier alpha value is -11.3. The lowest BCUT2D eigenvalue weighted by molar-refractivity contribution is 0.425. The van der Waals surface area contributed by atoms with Crippen molar-refractivity contribution in [2.24, 2.45) is 0 Å². The first-order valence-electron chi connectivity index (χ1n) is 35.9. The van der Waals surface area contributed by atoms with Crippen molar-refractivity contribution in [2.45, 2.75) is 87.4 Å². The summed E-state index contributed by atoms with van der Waals surface area (Å²) in [6.07, 6.45) is 0.961. The van der Waals surface area contributed by atoms with E-state index >= 15 is 0 Å². The lowest BCUT2D eigenvalue weighted by Gasteiger charge is -2.34. The predicted molar refractivity (Wildman–Crippen MR) is 414 cm³/mol. The van der Waals surface area contributed by atoms with E-state index in [2.05, 4.69) is 368 Å². The summed E-state index contributed by atoms with van der Waals surface area (Å²) >= 11 is 0. The molecule has 14 aromatic carbocycles. The van der Waals surface area contributed by atoms with Gasteiger partial charge in [-0.25, -0.2) is 0 Å². The molecule has 0 N–H and O–H groups in total. The van der Waals surface area contributed by atoms with Gasteiger partial charge in [0.2, 0.25) is 0 Å². The standard InChI is InChI=1S/C98H74N2/c1-93(2)59-96(7,60-40-42-61(43-41-60)99(62-44-49-75-67-24-8-16-32-79(67)94(3,4)88(75)54-62)64-46-51-77-73-30-14-22-38-85(73)97(90(77)56-64)81-34-18-10-26-69(81)70-27-11-19-35-82(70)97)92-58-66(48-53-87(92)93)100(63-45-50-76-68-25-9-17-33-80(68)95(5,6)89(76)55-63)65-47-52-78-74-31-15-23-39-86(74)98(91(78)57-65)83-36-20-12-28-71(83)72-29-13-21-37-84(72)98/h8-58H,59H2,1-7H3. The summed E-state index contributed by atoms with van der Waals surface area (Å²) in [4.78, 5) is 5.14. The van der Waals surface area contributed by atoms with Crippen LogP contribution in [0.1, 0.15) is 138 Å². The van der Waals surface area contributed by atoms with Gasteiger partial charge in [-0.15, -0.1) is 0 Å². The second-order valence-electron chi connectivity index (χ2n) is 31.4. The Labute approximate surface area is 587 Å². The van der Waals surface area contributed by atoms with Gasteiger partial charge in [0, 0.05) is 50.4 Å². The summed E-state index contributed by atoms with van der Waals surface area (Å²) in [5, 5.41) is 0. The van der Waals surface area contributed by atoms with Gasteiger partial charge >= 0.3 is 0 Å². The van der Waals surface area contributed by atoms with Crippen molar-refractivity contribution in [1.29, 1.82) is 0 Å². The summed E-state index contributed by atoms with van der Waals surface area (Å²) in [6.45, 7) is 17.1. The normalized spacial score (nSPS) is 17.6. The van der Waals surface area contributed by atoms with E-state index < -0.39 is 10.8 Å². The monoisotopic (exact) mass is 1280 g/mol. The van der Waals surface area contributed by atoms with Crippen molar-refractivity contribution in [2.75, 3.05) is 9.80 Å². The fourth-order valence-electron chi connectivity index (χ4n) is 21.0. The van der Waals surface area contributed by atoms with Gasteiger partial charge in [0.25, 0.3) is 0 Å². The van der Waals surface area contributed by atoms with E-state index in [9.17, 15) is 0 Å². The molecule has 14 aromatic rings. The van der Waals surface area contributed by atoms with Crippen molar-refractivity contribution in [3.63, 3.8) is 0 Å². The second kappa shape index (κ2) is 20.0. The van der Waals surface area contributed by atoms with Crippen LogP contribution in [0, 0.1) is 0 Å². The zero-order valence-corrected chi connectivity index (χ0v) is 57.5. The van der Waals surface area contributed by atoms with Crippen LogP contribution in [0.15, 0.2) is 309 Å². The SMILES string of the molecule is CC1(C)CC(C)(c2ccc(N(c3ccc4c(c3)C(C)(C)c3ccccc3-4)c3ccc4c(c3)C3(c5ccccc5-c5ccccc53)c3ccccc3-4)cc2)c2cc(N(c3ccc4c(c3)C(C)(C)c3ccccc3-4)c3ccc4c(c3)C3(c5ccccc5-c5ccccc53)c3ccccc3-4)ccc21. The number of benzene rings is 14. The van der Waals surface area contributed by atoms with Crippen LogP contribution >= 0.6 is 0 Å². The van der Waals surface area contributed by atoms with Gasteiger partial charge in [0.05, 0.1) is 10.8 Å². The minimum atomic E-state index is -0.489. The van der Waals surface area contributed by atoms with E-state index in [-0.39, 0.29) is 21.7 Å². The Kier molecular flexibility index (Phi) is 11.5. The average Bonchev–Trinajstić information content (AvgIpc) is 1.51. The van der Waals surface area contributed by atoms with E-state index in [4.69, 9.17) is 0 Å². The highest BCUT2D eigenvalue weighted by atomic mass is 15.1. The van der Waals surface area contributed by atoms with Crippen LogP contribution in [-0.4, -0.2) is 0 Å². The van der Waals surface area contributed by atoms with Gasteiger partial charge in [-0.1, -0.05) is 285 Å². The fraction of sp³-hybridized carbons (Fsp3) is 0.143. The molecule has 0 heterocycles. The van der Waals surface area contributed by atoms with Gasteiger partial charge in [-0.05, 0) is 235 Å². The van der Waals surface area contributed by atoms with Crippen LogP contribution in [0.5, 0.6) is 0 Å². The van der Waals surface area contributed by atoms with E-state index in [0.717, 1.165) is 40.5 Å². The number of rotatable bonds is 7.